The summed E-state index contributed by atoms with van der Waals surface area (Å²) >= 11 is 3.37. The van der Waals surface area contributed by atoms with Crippen LogP contribution < -0.4 is 5.73 Å². The smallest absolute Gasteiger partial charge is 0.0931 e. The van der Waals surface area contributed by atoms with Gasteiger partial charge < -0.3 is 10.8 Å². The van der Waals surface area contributed by atoms with Gasteiger partial charge in [-0.2, -0.15) is 0 Å². The minimum absolute atomic E-state index is 0.346. The second kappa shape index (κ2) is 4.24. The van der Waals surface area contributed by atoms with E-state index < -0.39 is 5.60 Å². The zero-order valence-electron chi connectivity index (χ0n) is 9.42. The molecule has 0 saturated heterocycles. The number of hydrogen-bond donors (Lipinski definition) is 2. The number of halogens is 1. The molecule has 0 saturated carbocycles. The summed E-state index contributed by atoms with van der Waals surface area (Å²) in [6.45, 7) is 6.18. The van der Waals surface area contributed by atoms with E-state index in [0.717, 1.165) is 10.0 Å². The Morgan fingerprint density at radius 3 is 2.07 bits per heavy atom. The maximum absolute atomic E-state index is 10.5. The highest BCUT2D eigenvalue weighted by Gasteiger charge is 2.39. The highest BCUT2D eigenvalue weighted by molar-refractivity contribution is 9.10. The molecule has 2 nitrogen and oxygen atoms in total. The van der Waals surface area contributed by atoms with Crippen LogP contribution in [-0.2, 0) is 5.60 Å². The van der Waals surface area contributed by atoms with Crippen molar-refractivity contribution in [3.8, 4) is 0 Å². The second-order valence-electron chi connectivity index (χ2n) is 4.67. The third-order valence-electron chi connectivity index (χ3n) is 3.23. The van der Waals surface area contributed by atoms with Crippen LogP contribution in [0, 0.1) is 5.41 Å². The molecule has 1 aromatic rings. The molecule has 0 radical (unpaired) electrons. The summed E-state index contributed by atoms with van der Waals surface area (Å²) in [6.07, 6.45) is 0. The molecule has 1 atom stereocenters. The molecule has 0 aromatic heterocycles. The largest absolute Gasteiger partial charge is 0.385 e. The van der Waals surface area contributed by atoms with Crippen LogP contribution in [0.15, 0.2) is 28.7 Å². The first-order valence-corrected chi connectivity index (χ1v) is 5.79. The molecule has 3 heteroatoms. The topological polar surface area (TPSA) is 46.2 Å². The highest BCUT2D eigenvalue weighted by Crippen LogP contribution is 2.38. The molecule has 1 rings (SSSR count). The predicted octanol–water partition coefficient (Wildman–Crippen LogP) is 2.64. The molecule has 0 aliphatic heterocycles. The Labute approximate surface area is 99.6 Å². The molecule has 15 heavy (non-hydrogen) atoms. The Morgan fingerprint density at radius 2 is 1.67 bits per heavy atom. The monoisotopic (exact) mass is 271 g/mol. The van der Waals surface area contributed by atoms with E-state index in [0.29, 0.717) is 6.54 Å². The summed E-state index contributed by atoms with van der Waals surface area (Å²) in [4.78, 5) is 0. The predicted molar refractivity (Wildman–Crippen MR) is 66.5 cm³/mol. The molecular formula is C12H18BrNO. The van der Waals surface area contributed by atoms with E-state index in [2.05, 4.69) is 15.9 Å². The van der Waals surface area contributed by atoms with Crippen molar-refractivity contribution in [3.63, 3.8) is 0 Å². The van der Waals surface area contributed by atoms with Gasteiger partial charge in [0.2, 0.25) is 0 Å². The van der Waals surface area contributed by atoms with Gasteiger partial charge in [-0.15, -0.1) is 0 Å². The van der Waals surface area contributed by atoms with Crippen molar-refractivity contribution < 1.29 is 5.11 Å². The minimum Gasteiger partial charge on any atom is -0.385 e. The van der Waals surface area contributed by atoms with Crippen LogP contribution in [0.25, 0.3) is 0 Å². The summed E-state index contributed by atoms with van der Waals surface area (Å²) in [5.74, 6) is 0. The van der Waals surface area contributed by atoms with E-state index in [4.69, 9.17) is 5.73 Å². The van der Waals surface area contributed by atoms with Gasteiger partial charge in [0.05, 0.1) is 5.60 Å². The minimum atomic E-state index is -0.914. The Hall–Kier alpha value is -0.380. The Balaban J connectivity index is 3.10. The third kappa shape index (κ3) is 2.41. The fourth-order valence-corrected chi connectivity index (χ4v) is 1.63. The summed E-state index contributed by atoms with van der Waals surface area (Å²) in [5.41, 5.74) is 5.32. The van der Waals surface area contributed by atoms with Gasteiger partial charge >= 0.3 is 0 Å². The molecule has 3 N–H and O–H groups in total. The van der Waals surface area contributed by atoms with Gasteiger partial charge in [0.1, 0.15) is 0 Å². The Morgan fingerprint density at radius 1 is 1.20 bits per heavy atom. The number of aliphatic hydroxyl groups is 1. The fraction of sp³-hybridized carbons (Fsp3) is 0.500. The van der Waals surface area contributed by atoms with Crippen molar-refractivity contribution in [2.75, 3.05) is 6.54 Å². The average molecular weight is 272 g/mol. The van der Waals surface area contributed by atoms with Crippen LogP contribution in [0.2, 0.25) is 0 Å². The van der Waals surface area contributed by atoms with E-state index in [1.807, 2.05) is 45.0 Å². The molecule has 0 aliphatic rings. The van der Waals surface area contributed by atoms with Crippen molar-refractivity contribution in [2.45, 2.75) is 26.4 Å². The molecule has 0 fully saturated rings. The number of benzene rings is 1. The van der Waals surface area contributed by atoms with Crippen LogP contribution in [-0.4, -0.2) is 11.7 Å². The van der Waals surface area contributed by atoms with Gasteiger partial charge in [0, 0.05) is 16.4 Å². The SMILES string of the molecule is CC(C)(CN)C(C)(O)c1ccc(Br)cc1. The molecular weight excluding hydrogens is 254 g/mol. The summed E-state index contributed by atoms with van der Waals surface area (Å²) < 4.78 is 1.01. The maximum Gasteiger partial charge on any atom is 0.0931 e. The highest BCUT2D eigenvalue weighted by atomic mass is 79.9. The van der Waals surface area contributed by atoms with E-state index in [9.17, 15) is 5.11 Å². The average Bonchev–Trinajstić information content (AvgIpc) is 2.18. The van der Waals surface area contributed by atoms with Crippen molar-refractivity contribution in [2.24, 2.45) is 11.1 Å². The number of hydrogen-bond acceptors (Lipinski definition) is 2. The first kappa shape index (κ1) is 12.7. The maximum atomic E-state index is 10.5. The lowest BCUT2D eigenvalue weighted by atomic mass is 9.72. The van der Waals surface area contributed by atoms with Crippen molar-refractivity contribution in [3.05, 3.63) is 34.3 Å². The molecule has 1 aromatic carbocycles. The standard InChI is InChI=1S/C12H18BrNO/c1-11(2,8-14)12(3,15)9-4-6-10(13)7-5-9/h4-7,15H,8,14H2,1-3H3. The van der Waals surface area contributed by atoms with Gasteiger partial charge in [-0.25, -0.2) is 0 Å². The zero-order chi connectivity index (χ0) is 11.7. The molecule has 0 bridgehead atoms. The van der Waals surface area contributed by atoms with Gasteiger partial charge in [-0.1, -0.05) is 41.9 Å². The number of nitrogens with two attached hydrogens (primary N) is 1. The van der Waals surface area contributed by atoms with E-state index in [-0.39, 0.29) is 5.41 Å². The fourth-order valence-electron chi connectivity index (χ4n) is 1.36. The van der Waals surface area contributed by atoms with Crippen LogP contribution in [0.5, 0.6) is 0 Å². The molecule has 84 valence electrons. The third-order valence-corrected chi connectivity index (χ3v) is 3.76. The molecule has 0 amide bonds. The van der Waals surface area contributed by atoms with Crippen LogP contribution in [0.4, 0.5) is 0 Å². The quantitative estimate of drug-likeness (QED) is 0.888. The zero-order valence-corrected chi connectivity index (χ0v) is 11.0. The lowest BCUT2D eigenvalue weighted by Crippen LogP contribution is -2.44. The molecule has 0 heterocycles. The molecule has 0 spiro atoms. The summed E-state index contributed by atoms with van der Waals surface area (Å²) in [5, 5.41) is 10.5. The summed E-state index contributed by atoms with van der Waals surface area (Å²) in [6, 6.07) is 7.69. The number of rotatable bonds is 3. The van der Waals surface area contributed by atoms with Gasteiger partial charge in [0.25, 0.3) is 0 Å². The van der Waals surface area contributed by atoms with E-state index >= 15 is 0 Å². The lowest BCUT2D eigenvalue weighted by Gasteiger charge is -2.39. The van der Waals surface area contributed by atoms with E-state index in [1.165, 1.54) is 0 Å². The van der Waals surface area contributed by atoms with Crippen LogP contribution >= 0.6 is 15.9 Å². The van der Waals surface area contributed by atoms with Gasteiger partial charge in [-0.3, -0.25) is 0 Å². The van der Waals surface area contributed by atoms with Crippen molar-refractivity contribution in [1.29, 1.82) is 0 Å². The van der Waals surface area contributed by atoms with Crippen molar-refractivity contribution in [1.82, 2.24) is 0 Å². The normalized spacial score (nSPS) is 16.1. The summed E-state index contributed by atoms with van der Waals surface area (Å²) in [7, 11) is 0. The Kier molecular flexibility index (Phi) is 3.59. The molecule has 1 unspecified atom stereocenters. The van der Waals surface area contributed by atoms with Crippen LogP contribution in [0.1, 0.15) is 26.3 Å². The van der Waals surface area contributed by atoms with Crippen molar-refractivity contribution >= 4 is 15.9 Å². The first-order valence-electron chi connectivity index (χ1n) is 5.00. The first-order chi connectivity index (χ1) is 6.81. The molecule has 0 aliphatic carbocycles. The van der Waals surface area contributed by atoms with E-state index in [1.54, 1.807) is 0 Å². The second-order valence-corrected chi connectivity index (χ2v) is 5.58. The Bertz CT molecular complexity index is 330. The van der Waals surface area contributed by atoms with Gasteiger partial charge in [0.15, 0.2) is 0 Å². The van der Waals surface area contributed by atoms with Crippen LogP contribution in [0.3, 0.4) is 0 Å². The lowest BCUT2D eigenvalue weighted by molar-refractivity contribution is -0.0521. The van der Waals surface area contributed by atoms with Gasteiger partial charge in [-0.05, 0) is 24.6 Å².